The third kappa shape index (κ3) is 1.92. The maximum absolute atomic E-state index is 11.9. The fraction of sp³-hybridized carbons (Fsp3) is 0.412. The molecule has 3 rings (SSSR count). The Labute approximate surface area is 124 Å². The monoisotopic (exact) mass is 282 g/mol. The molecule has 2 atom stereocenters. The summed E-state index contributed by atoms with van der Waals surface area (Å²) in [5.74, 6) is 0.846. The van der Waals surface area contributed by atoms with Gasteiger partial charge < -0.3 is 9.64 Å². The summed E-state index contributed by atoms with van der Waals surface area (Å²) in [5, 5.41) is 9.53. The lowest BCUT2D eigenvalue weighted by molar-refractivity contribution is -0.133. The molecule has 4 heteroatoms. The van der Waals surface area contributed by atoms with E-state index in [9.17, 15) is 10.1 Å². The van der Waals surface area contributed by atoms with E-state index in [-0.39, 0.29) is 23.3 Å². The van der Waals surface area contributed by atoms with Crippen LogP contribution in [0.5, 0.6) is 5.75 Å². The van der Waals surface area contributed by atoms with Crippen molar-refractivity contribution in [1.29, 1.82) is 5.26 Å². The normalized spacial score (nSPS) is 25.8. The number of carbonyl (C=O) groups is 1. The van der Waals surface area contributed by atoms with Gasteiger partial charge in [-0.3, -0.25) is 4.79 Å². The lowest BCUT2D eigenvalue weighted by atomic mass is 9.68. The van der Waals surface area contributed by atoms with Crippen molar-refractivity contribution in [3.05, 3.63) is 41.6 Å². The molecule has 0 fully saturated rings. The van der Waals surface area contributed by atoms with Gasteiger partial charge in [-0.05, 0) is 19.9 Å². The molecule has 0 N–H and O–H groups in total. The highest BCUT2D eigenvalue weighted by Crippen LogP contribution is 2.49. The average molecular weight is 282 g/mol. The van der Waals surface area contributed by atoms with Crippen molar-refractivity contribution in [3.8, 4) is 11.8 Å². The molecule has 1 aromatic rings. The number of ether oxygens (including phenoxy) is 1. The molecule has 0 unspecified atom stereocenters. The molecule has 4 nitrogen and oxygen atoms in total. The second-order valence-electron chi connectivity index (χ2n) is 6.17. The summed E-state index contributed by atoms with van der Waals surface area (Å²) >= 11 is 0. The Morgan fingerprint density at radius 3 is 2.81 bits per heavy atom. The van der Waals surface area contributed by atoms with Crippen molar-refractivity contribution in [1.82, 2.24) is 4.90 Å². The number of hydrogen-bond donors (Lipinski definition) is 0. The van der Waals surface area contributed by atoms with Crippen molar-refractivity contribution < 1.29 is 9.53 Å². The third-order valence-electron chi connectivity index (χ3n) is 4.67. The van der Waals surface area contributed by atoms with Crippen molar-refractivity contribution in [2.45, 2.75) is 32.2 Å². The number of nitriles is 1. The van der Waals surface area contributed by atoms with Gasteiger partial charge in [0.25, 0.3) is 0 Å². The number of amides is 1. The van der Waals surface area contributed by atoms with Crippen LogP contribution in [0.2, 0.25) is 0 Å². The van der Waals surface area contributed by atoms with Crippen molar-refractivity contribution >= 4 is 5.91 Å². The third-order valence-corrected chi connectivity index (χ3v) is 4.67. The van der Waals surface area contributed by atoms with E-state index in [2.05, 4.69) is 6.07 Å². The highest BCUT2D eigenvalue weighted by molar-refractivity contribution is 5.76. The summed E-state index contributed by atoms with van der Waals surface area (Å²) in [5.41, 5.74) is 1.28. The second kappa shape index (κ2) is 4.63. The Hall–Kier alpha value is -2.28. The molecule has 2 aliphatic rings. The van der Waals surface area contributed by atoms with Crippen LogP contribution in [0.4, 0.5) is 0 Å². The van der Waals surface area contributed by atoms with Gasteiger partial charge in [-0.1, -0.05) is 18.2 Å². The zero-order chi connectivity index (χ0) is 15.2. The quantitative estimate of drug-likeness (QED) is 0.735. The highest BCUT2D eigenvalue weighted by atomic mass is 16.5. The van der Waals surface area contributed by atoms with Crippen molar-refractivity contribution in [2.75, 3.05) is 6.61 Å². The number of rotatable bonds is 0. The van der Waals surface area contributed by atoms with Crippen LogP contribution in [-0.4, -0.2) is 23.0 Å². The van der Waals surface area contributed by atoms with Crippen LogP contribution in [0, 0.1) is 17.2 Å². The second-order valence-corrected chi connectivity index (χ2v) is 6.17. The van der Waals surface area contributed by atoms with E-state index in [0.717, 1.165) is 11.3 Å². The smallest absolute Gasteiger partial charge is 0.223 e. The standard InChI is InChI=1S/C17H18N2O2/c1-11(20)19-9-12(8-18)16-13-6-4-5-7-15(13)21-10-14(16)17(19,2)3/h4-7,9,14,16H,10H2,1-3H3/t14-,16-/m1/s1. The molecule has 108 valence electrons. The first kappa shape index (κ1) is 13.7. The molecule has 0 saturated heterocycles. The lowest BCUT2D eigenvalue weighted by Gasteiger charge is -2.50. The summed E-state index contributed by atoms with van der Waals surface area (Å²) in [6.07, 6.45) is 1.71. The number of fused-ring (bicyclic) bond motifs is 3. The Morgan fingerprint density at radius 2 is 2.14 bits per heavy atom. The van der Waals surface area contributed by atoms with Gasteiger partial charge >= 0.3 is 0 Å². The zero-order valence-corrected chi connectivity index (χ0v) is 12.5. The molecule has 0 spiro atoms. The number of nitrogens with zero attached hydrogens (tertiary/aromatic N) is 2. The summed E-state index contributed by atoms with van der Waals surface area (Å²) < 4.78 is 5.87. The molecular formula is C17H18N2O2. The predicted octanol–water partition coefficient (Wildman–Crippen LogP) is 2.83. The van der Waals surface area contributed by atoms with E-state index in [4.69, 9.17) is 4.74 Å². The average Bonchev–Trinajstić information content (AvgIpc) is 2.46. The number of hydrogen-bond acceptors (Lipinski definition) is 3. The van der Waals surface area contributed by atoms with Gasteiger partial charge in [0.15, 0.2) is 0 Å². The number of para-hydroxylation sites is 1. The summed E-state index contributed by atoms with van der Waals surface area (Å²) in [4.78, 5) is 13.6. The van der Waals surface area contributed by atoms with Crippen LogP contribution < -0.4 is 4.74 Å². The van der Waals surface area contributed by atoms with Crippen molar-refractivity contribution in [3.63, 3.8) is 0 Å². The zero-order valence-electron chi connectivity index (χ0n) is 12.5. The summed E-state index contributed by atoms with van der Waals surface area (Å²) in [7, 11) is 0. The largest absolute Gasteiger partial charge is 0.493 e. The Kier molecular flexibility index (Phi) is 3.02. The van der Waals surface area contributed by atoms with Gasteiger partial charge in [0.1, 0.15) is 5.75 Å². The number of benzene rings is 1. The first-order valence-electron chi connectivity index (χ1n) is 7.10. The van der Waals surface area contributed by atoms with Gasteiger partial charge in [0, 0.05) is 36.1 Å². The van der Waals surface area contributed by atoms with E-state index in [1.807, 2.05) is 38.1 Å². The molecule has 1 aromatic carbocycles. The topological polar surface area (TPSA) is 53.3 Å². The maximum Gasteiger partial charge on any atom is 0.223 e. The van der Waals surface area contributed by atoms with Crippen molar-refractivity contribution in [2.24, 2.45) is 5.92 Å². The number of allylic oxidation sites excluding steroid dienone is 1. The molecule has 2 aliphatic heterocycles. The van der Waals surface area contributed by atoms with Gasteiger partial charge in [-0.2, -0.15) is 5.26 Å². The predicted molar refractivity (Wildman–Crippen MR) is 78.5 cm³/mol. The highest BCUT2D eigenvalue weighted by Gasteiger charge is 2.49. The SMILES string of the molecule is CC(=O)N1C=C(C#N)[C@@H]2c3ccccc3OC[C@H]2C1(C)C. The van der Waals surface area contributed by atoms with Crippen LogP contribution in [-0.2, 0) is 4.79 Å². The fourth-order valence-corrected chi connectivity index (χ4v) is 3.52. The van der Waals surface area contributed by atoms with E-state index < -0.39 is 0 Å². The van der Waals surface area contributed by atoms with E-state index in [1.165, 1.54) is 6.92 Å². The lowest BCUT2D eigenvalue weighted by Crippen LogP contribution is -2.56. The van der Waals surface area contributed by atoms with Crippen LogP contribution in [0.15, 0.2) is 36.0 Å². The molecule has 0 aromatic heterocycles. The minimum atomic E-state index is -0.385. The van der Waals surface area contributed by atoms with Crippen LogP contribution >= 0.6 is 0 Å². The molecule has 0 radical (unpaired) electrons. The first-order chi connectivity index (χ1) is 9.96. The first-order valence-corrected chi connectivity index (χ1v) is 7.10. The Balaban J connectivity index is 2.19. The van der Waals surface area contributed by atoms with E-state index in [0.29, 0.717) is 12.2 Å². The molecule has 0 bridgehead atoms. The van der Waals surface area contributed by atoms with Gasteiger partial charge in [-0.15, -0.1) is 0 Å². The summed E-state index contributed by atoms with van der Waals surface area (Å²) in [6, 6.07) is 10.1. The molecule has 0 saturated carbocycles. The van der Waals surface area contributed by atoms with Gasteiger partial charge in [0.2, 0.25) is 5.91 Å². The van der Waals surface area contributed by atoms with E-state index in [1.54, 1.807) is 11.1 Å². The van der Waals surface area contributed by atoms with E-state index >= 15 is 0 Å². The number of carbonyl (C=O) groups excluding carboxylic acids is 1. The van der Waals surface area contributed by atoms with Crippen LogP contribution in [0.25, 0.3) is 0 Å². The van der Waals surface area contributed by atoms with Crippen LogP contribution in [0.3, 0.4) is 0 Å². The van der Waals surface area contributed by atoms with Gasteiger partial charge in [-0.25, -0.2) is 0 Å². The maximum atomic E-state index is 11.9. The van der Waals surface area contributed by atoms with Gasteiger partial charge in [0.05, 0.1) is 18.2 Å². The minimum absolute atomic E-state index is 0.00875. The fourth-order valence-electron chi connectivity index (χ4n) is 3.52. The minimum Gasteiger partial charge on any atom is -0.493 e. The molecule has 1 amide bonds. The molecular weight excluding hydrogens is 264 g/mol. The Morgan fingerprint density at radius 1 is 1.43 bits per heavy atom. The summed E-state index contributed by atoms with van der Waals surface area (Å²) in [6.45, 7) is 6.12. The molecule has 21 heavy (non-hydrogen) atoms. The molecule has 0 aliphatic carbocycles. The Bertz CT molecular complexity index is 670. The molecule has 2 heterocycles. The van der Waals surface area contributed by atoms with Crippen LogP contribution in [0.1, 0.15) is 32.3 Å².